The van der Waals surface area contributed by atoms with Crippen LogP contribution in [0.15, 0.2) is 30.5 Å². The number of aromatic nitrogens is 2. The lowest BCUT2D eigenvalue weighted by Gasteiger charge is -2.38. The van der Waals surface area contributed by atoms with Gasteiger partial charge >= 0.3 is 0 Å². The van der Waals surface area contributed by atoms with Crippen molar-refractivity contribution in [3.8, 4) is 5.69 Å². The lowest BCUT2D eigenvalue weighted by atomic mass is 10.1. The number of nitrogens with one attached hydrogen (secondary N) is 1. The smallest absolute Gasteiger partial charge is 0.257 e. The summed E-state index contributed by atoms with van der Waals surface area (Å²) in [5, 5.41) is 7.87. The Bertz CT molecular complexity index is 728. The van der Waals surface area contributed by atoms with Gasteiger partial charge in [-0.15, -0.1) is 12.4 Å². The quantitative estimate of drug-likeness (QED) is 0.907. The first-order valence-electron chi connectivity index (χ1n) is 8.15. The van der Waals surface area contributed by atoms with Crippen molar-refractivity contribution in [1.29, 1.82) is 0 Å². The van der Waals surface area contributed by atoms with E-state index >= 15 is 0 Å². The maximum absolute atomic E-state index is 13.0. The highest BCUT2D eigenvalue weighted by molar-refractivity contribution is 5.95. The van der Waals surface area contributed by atoms with Gasteiger partial charge < -0.3 is 10.2 Å². The third-order valence-electron chi connectivity index (χ3n) is 4.88. The molecule has 1 fully saturated rings. The van der Waals surface area contributed by atoms with E-state index in [9.17, 15) is 4.79 Å². The first-order chi connectivity index (χ1) is 11.0. The second-order valence-corrected chi connectivity index (χ2v) is 6.32. The van der Waals surface area contributed by atoms with Crippen LogP contribution in [-0.4, -0.2) is 45.8 Å². The number of piperazine rings is 1. The highest BCUT2D eigenvalue weighted by Crippen LogP contribution is 2.20. The molecule has 24 heavy (non-hydrogen) atoms. The molecule has 0 spiro atoms. The molecular weight excluding hydrogens is 324 g/mol. The van der Waals surface area contributed by atoms with Crippen LogP contribution < -0.4 is 5.32 Å². The standard InChI is InChI=1S/C18H24N4O.ClH/c1-12-7-5-6-8-17(12)22-15(4)16(11-20-22)18(23)21-10-9-19-13(2)14(21)3;/h5-8,11,13-14,19H,9-10H2,1-4H3;1H. The predicted molar refractivity (Wildman–Crippen MR) is 98.2 cm³/mol. The van der Waals surface area contributed by atoms with Gasteiger partial charge in [0.25, 0.3) is 5.91 Å². The van der Waals surface area contributed by atoms with Crippen molar-refractivity contribution in [2.75, 3.05) is 13.1 Å². The van der Waals surface area contributed by atoms with E-state index in [1.54, 1.807) is 6.20 Å². The minimum atomic E-state index is 0. The molecule has 5 nitrogen and oxygen atoms in total. The summed E-state index contributed by atoms with van der Waals surface area (Å²) < 4.78 is 1.86. The van der Waals surface area contributed by atoms with Crippen molar-refractivity contribution in [2.45, 2.75) is 39.8 Å². The Balaban J connectivity index is 0.00000208. The lowest BCUT2D eigenvalue weighted by molar-refractivity contribution is 0.0602. The van der Waals surface area contributed by atoms with E-state index in [0.29, 0.717) is 11.6 Å². The van der Waals surface area contributed by atoms with E-state index in [1.807, 2.05) is 34.7 Å². The first kappa shape index (κ1) is 18.5. The van der Waals surface area contributed by atoms with Crippen molar-refractivity contribution >= 4 is 18.3 Å². The molecule has 2 unspecified atom stereocenters. The van der Waals surface area contributed by atoms with Gasteiger partial charge in [0.2, 0.25) is 0 Å². The number of amides is 1. The number of aryl methyl sites for hydroxylation is 1. The van der Waals surface area contributed by atoms with Crippen molar-refractivity contribution in [1.82, 2.24) is 20.0 Å². The fraction of sp³-hybridized carbons (Fsp3) is 0.444. The molecule has 130 valence electrons. The van der Waals surface area contributed by atoms with Crippen LogP contribution in [0.5, 0.6) is 0 Å². The maximum Gasteiger partial charge on any atom is 0.257 e. The molecule has 1 amide bonds. The monoisotopic (exact) mass is 348 g/mol. The molecule has 0 bridgehead atoms. The van der Waals surface area contributed by atoms with Gasteiger partial charge in [0.1, 0.15) is 0 Å². The summed E-state index contributed by atoms with van der Waals surface area (Å²) in [6.45, 7) is 9.80. The average molecular weight is 349 g/mol. The first-order valence-corrected chi connectivity index (χ1v) is 8.15. The van der Waals surface area contributed by atoms with Gasteiger partial charge in [0.05, 0.1) is 23.1 Å². The SMILES string of the molecule is Cc1ccccc1-n1ncc(C(=O)N2CCNC(C)C2C)c1C.Cl. The van der Waals surface area contributed by atoms with E-state index in [0.717, 1.165) is 30.0 Å². The fourth-order valence-corrected chi connectivity index (χ4v) is 3.16. The number of carbonyl (C=O) groups is 1. The van der Waals surface area contributed by atoms with Gasteiger partial charge in [-0.1, -0.05) is 18.2 Å². The number of para-hydroxylation sites is 1. The van der Waals surface area contributed by atoms with E-state index < -0.39 is 0 Å². The van der Waals surface area contributed by atoms with Crippen LogP contribution in [0.1, 0.15) is 35.5 Å². The van der Waals surface area contributed by atoms with Gasteiger partial charge in [0, 0.05) is 25.2 Å². The number of halogens is 1. The minimum Gasteiger partial charge on any atom is -0.333 e. The molecule has 1 aromatic heterocycles. The van der Waals surface area contributed by atoms with Gasteiger partial charge in [0.15, 0.2) is 0 Å². The second kappa shape index (κ2) is 7.36. The number of rotatable bonds is 2. The molecule has 3 rings (SSSR count). The third-order valence-corrected chi connectivity index (χ3v) is 4.88. The van der Waals surface area contributed by atoms with Crippen LogP contribution in [0.4, 0.5) is 0 Å². The maximum atomic E-state index is 13.0. The zero-order valence-corrected chi connectivity index (χ0v) is 15.4. The lowest BCUT2D eigenvalue weighted by Crippen LogP contribution is -2.57. The van der Waals surface area contributed by atoms with Crippen LogP contribution in [-0.2, 0) is 0 Å². The summed E-state index contributed by atoms with van der Waals surface area (Å²) in [5.41, 5.74) is 3.74. The molecule has 6 heteroatoms. The zero-order chi connectivity index (χ0) is 16.6. The third kappa shape index (κ3) is 3.19. The van der Waals surface area contributed by atoms with Crippen LogP contribution >= 0.6 is 12.4 Å². The van der Waals surface area contributed by atoms with Gasteiger partial charge in [-0.2, -0.15) is 5.10 Å². The van der Waals surface area contributed by atoms with Crippen molar-refractivity contribution in [3.63, 3.8) is 0 Å². The predicted octanol–water partition coefficient (Wildman–Crippen LogP) is 2.73. The van der Waals surface area contributed by atoms with Crippen LogP contribution in [0, 0.1) is 13.8 Å². The van der Waals surface area contributed by atoms with Crippen molar-refractivity contribution < 1.29 is 4.79 Å². The van der Waals surface area contributed by atoms with Gasteiger partial charge in [-0.3, -0.25) is 4.79 Å². The van der Waals surface area contributed by atoms with E-state index in [1.165, 1.54) is 0 Å². The van der Waals surface area contributed by atoms with Crippen molar-refractivity contribution in [3.05, 3.63) is 47.3 Å². The Morgan fingerprint density at radius 2 is 1.96 bits per heavy atom. The van der Waals surface area contributed by atoms with E-state index in [2.05, 4.69) is 37.3 Å². The number of hydrogen-bond donors (Lipinski definition) is 1. The Morgan fingerprint density at radius 3 is 2.67 bits per heavy atom. The van der Waals surface area contributed by atoms with E-state index in [4.69, 9.17) is 0 Å². The number of nitrogens with zero attached hydrogens (tertiary/aromatic N) is 3. The average Bonchev–Trinajstić information content (AvgIpc) is 2.91. The molecule has 1 N–H and O–H groups in total. The number of carbonyl (C=O) groups excluding carboxylic acids is 1. The van der Waals surface area contributed by atoms with E-state index in [-0.39, 0.29) is 24.4 Å². The summed E-state index contributed by atoms with van der Waals surface area (Å²) >= 11 is 0. The minimum absolute atomic E-state index is 0. The normalized spacial score (nSPS) is 20.6. The van der Waals surface area contributed by atoms with Gasteiger partial charge in [-0.25, -0.2) is 4.68 Å². The topological polar surface area (TPSA) is 50.2 Å². The number of benzene rings is 1. The molecule has 0 saturated carbocycles. The summed E-state index contributed by atoms with van der Waals surface area (Å²) in [4.78, 5) is 14.9. The Morgan fingerprint density at radius 1 is 1.25 bits per heavy atom. The molecule has 1 aliphatic rings. The molecule has 0 radical (unpaired) electrons. The Kier molecular flexibility index (Phi) is 5.67. The second-order valence-electron chi connectivity index (χ2n) is 6.32. The zero-order valence-electron chi connectivity index (χ0n) is 14.6. The van der Waals surface area contributed by atoms with Crippen molar-refractivity contribution in [2.24, 2.45) is 0 Å². The summed E-state index contributed by atoms with van der Waals surface area (Å²) in [5.74, 6) is 0.0724. The van der Waals surface area contributed by atoms with Gasteiger partial charge in [-0.05, 0) is 39.3 Å². The van der Waals surface area contributed by atoms with Crippen LogP contribution in [0.25, 0.3) is 5.69 Å². The highest BCUT2D eigenvalue weighted by atomic mass is 35.5. The highest BCUT2D eigenvalue weighted by Gasteiger charge is 2.30. The molecule has 1 aromatic carbocycles. The molecule has 1 aliphatic heterocycles. The summed E-state index contributed by atoms with van der Waals surface area (Å²) in [6, 6.07) is 8.56. The summed E-state index contributed by atoms with van der Waals surface area (Å²) in [7, 11) is 0. The fourth-order valence-electron chi connectivity index (χ4n) is 3.16. The molecule has 0 aliphatic carbocycles. The Labute approximate surface area is 149 Å². The largest absolute Gasteiger partial charge is 0.333 e. The molecule has 2 aromatic rings. The Hall–Kier alpha value is -1.85. The summed E-state index contributed by atoms with van der Waals surface area (Å²) in [6.07, 6.45) is 1.70. The number of hydrogen-bond acceptors (Lipinski definition) is 3. The van der Waals surface area contributed by atoms with Crippen LogP contribution in [0.2, 0.25) is 0 Å². The molecular formula is C18H25ClN4O. The van der Waals surface area contributed by atoms with Crippen LogP contribution in [0.3, 0.4) is 0 Å². The molecule has 1 saturated heterocycles. The molecule has 2 heterocycles. The molecule has 2 atom stereocenters.